The Balaban J connectivity index is 1.87. The van der Waals surface area contributed by atoms with Gasteiger partial charge in [-0.15, -0.1) is 0 Å². The molecule has 120 valence electrons. The van der Waals surface area contributed by atoms with Crippen molar-refractivity contribution in [1.29, 1.82) is 0 Å². The lowest BCUT2D eigenvalue weighted by atomic mass is 10.4. The number of sulfonamides is 1. The number of nitrogens with zero attached hydrogens (tertiary/aromatic N) is 2. The summed E-state index contributed by atoms with van der Waals surface area (Å²) in [6.45, 7) is 6.77. The molecule has 0 saturated carbocycles. The van der Waals surface area contributed by atoms with Gasteiger partial charge in [0.05, 0.1) is 4.90 Å². The number of aryl methyl sites for hydroxylation is 1. The van der Waals surface area contributed by atoms with Gasteiger partial charge in [-0.25, -0.2) is 13.1 Å². The Labute approximate surface area is 127 Å². The van der Waals surface area contributed by atoms with Crippen molar-refractivity contribution < 1.29 is 8.42 Å². The maximum atomic E-state index is 12.2. The van der Waals surface area contributed by atoms with E-state index in [9.17, 15) is 8.42 Å². The highest BCUT2D eigenvalue weighted by Crippen LogP contribution is 2.14. The highest BCUT2D eigenvalue weighted by molar-refractivity contribution is 7.89. The largest absolute Gasteiger partial charge is 0.349 e. The molecule has 0 aliphatic carbocycles. The van der Waals surface area contributed by atoms with Crippen LogP contribution in [-0.2, 0) is 23.1 Å². The van der Waals surface area contributed by atoms with Crippen molar-refractivity contribution in [3.05, 3.63) is 18.0 Å². The van der Waals surface area contributed by atoms with Crippen molar-refractivity contribution in [1.82, 2.24) is 14.2 Å². The third kappa shape index (κ3) is 4.29. The van der Waals surface area contributed by atoms with Gasteiger partial charge >= 0.3 is 0 Å². The first-order valence-corrected chi connectivity index (χ1v) is 9.16. The maximum absolute atomic E-state index is 12.2. The fourth-order valence-corrected chi connectivity index (χ4v) is 3.87. The molecule has 1 fully saturated rings. The molecule has 1 saturated heterocycles. The van der Waals surface area contributed by atoms with Crippen LogP contribution in [0, 0.1) is 0 Å². The van der Waals surface area contributed by atoms with Crippen LogP contribution in [0.5, 0.6) is 0 Å². The Kier molecular flexibility index (Phi) is 5.80. The second-order valence-electron chi connectivity index (χ2n) is 5.46. The Morgan fingerprint density at radius 2 is 2.05 bits per heavy atom. The molecule has 2 rings (SSSR count). The average molecular weight is 314 g/mol. The van der Waals surface area contributed by atoms with Gasteiger partial charge in [-0.3, -0.25) is 0 Å². The lowest BCUT2D eigenvalue weighted by Crippen LogP contribution is -2.28. The maximum Gasteiger partial charge on any atom is 0.242 e. The van der Waals surface area contributed by atoms with Gasteiger partial charge in [0, 0.05) is 31.5 Å². The minimum Gasteiger partial charge on any atom is -0.349 e. The molecule has 0 bridgehead atoms. The number of aromatic nitrogens is 1. The van der Waals surface area contributed by atoms with E-state index in [0.717, 1.165) is 38.3 Å². The van der Waals surface area contributed by atoms with Crippen LogP contribution in [0.4, 0.5) is 0 Å². The van der Waals surface area contributed by atoms with Crippen molar-refractivity contribution in [2.24, 2.45) is 5.73 Å². The highest BCUT2D eigenvalue weighted by Gasteiger charge is 2.17. The summed E-state index contributed by atoms with van der Waals surface area (Å²) in [5.74, 6) is 0. The number of hydrogen-bond donors (Lipinski definition) is 2. The number of nitrogens with two attached hydrogens (primary N) is 1. The van der Waals surface area contributed by atoms with Crippen LogP contribution in [0.15, 0.2) is 17.2 Å². The van der Waals surface area contributed by atoms with Crippen LogP contribution in [0.1, 0.15) is 31.9 Å². The first-order chi connectivity index (χ1) is 10.1. The molecular formula is C14H26N4O2S. The van der Waals surface area contributed by atoms with Gasteiger partial charge in [0.2, 0.25) is 10.0 Å². The fourth-order valence-electron chi connectivity index (χ4n) is 2.74. The van der Waals surface area contributed by atoms with Crippen LogP contribution in [-0.4, -0.2) is 44.1 Å². The van der Waals surface area contributed by atoms with Crippen LogP contribution < -0.4 is 10.5 Å². The molecule has 1 aliphatic heterocycles. The van der Waals surface area contributed by atoms with E-state index in [1.165, 1.54) is 12.8 Å². The molecule has 6 nitrogen and oxygen atoms in total. The van der Waals surface area contributed by atoms with E-state index in [0.29, 0.717) is 18.0 Å². The smallest absolute Gasteiger partial charge is 0.242 e. The van der Waals surface area contributed by atoms with Gasteiger partial charge in [0.1, 0.15) is 0 Å². The molecule has 1 aliphatic rings. The first kappa shape index (κ1) is 16.5. The summed E-state index contributed by atoms with van der Waals surface area (Å²) >= 11 is 0. The normalized spacial score (nSPS) is 16.7. The summed E-state index contributed by atoms with van der Waals surface area (Å²) in [6, 6.07) is 1.66. The summed E-state index contributed by atoms with van der Waals surface area (Å²) < 4.78 is 29.0. The van der Waals surface area contributed by atoms with Gasteiger partial charge in [0.25, 0.3) is 0 Å². The summed E-state index contributed by atoms with van der Waals surface area (Å²) in [6.07, 6.45) is 5.03. The van der Waals surface area contributed by atoms with Gasteiger partial charge in [-0.2, -0.15) is 0 Å². The molecule has 7 heteroatoms. The Morgan fingerprint density at radius 3 is 2.62 bits per heavy atom. The van der Waals surface area contributed by atoms with Crippen LogP contribution in [0.25, 0.3) is 0 Å². The highest BCUT2D eigenvalue weighted by atomic mass is 32.2. The van der Waals surface area contributed by atoms with Gasteiger partial charge in [-0.05, 0) is 51.9 Å². The van der Waals surface area contributed by atoms with E-state index in [2.05, 4.69) is 9.62 Å². The second kappa shape index (κ2) is 7.40. The molecule has 0 atom stereocenters. The molecule has 3 N–H and O–H groups in total. The van der Waals surface area contributed by atoms with Crippen molar-refractivity contribution >= 4 is 10.0 Å². The Hall–Kier alpha value is -0.890. The van der Waals surface area contributed by atoms with Gasteiger partial charge in [-0.1, -0.05) is 0 Å². The summed E-state index contributed by atoms with van der Waals surface area (Å²) in [5.41, 5.74) is 6.48. The summed E-state index contributed by atoms with van der Waals surface area (Å²) in [4.78, 5) is 2.69. The number of likely N-dealkylation sites (tertiary alicyclic amines) is 1. The quantitative estimate of drug-likeness (QED) is 0.693. The van der Waals surface area contributed by atoms with Crippen LogP contribution >= 0.6 is 0 Å². The molecule has 0 amide bonds. The molecule has 0 radical (unpaired) electrons. The first-order valence-electron chi connectivity index (χ1n) is 7.68. The molecule has 0 unspecified atom stereocenters. The van der Waals surface area contributed by atoms with Gasteiger partial charge < -0.3 is 15.2 Å². The minimum atomic E-state index is -3.42. The van der Waals surface area contributed by atoms with E-state index < -0.39 is 10.0 Å². The van der Waals surface area contributed by atoms with E-state index in [4.69, 9.17) is 5.73 Å². The molecular weight excluding hydrogens is 288 g/mol. The Bertz CT molecular complexity index is 526. The van der Waals surface area contributed by atoms with Crippen molar-refractivity contribution in [3.8, 4) is 0 Å². The predicted octanol–water partition coefficient (Wildman–Crippen LogP) is 0.731. The van der Waals surface area contributed by atoms with Crippen molar-refractivity contribution in [2.45, 2.75) is 44.2 Å². The van der Waals surface area contributed by atoms with Crippen LogP contribution in [0.3, 0.4) is 0 Å². The lowest BCUT2D eigenvalue weighted by Gasteiger charge is -2.14. The third-order valence-corrected chi connectivity index (χ3v) is 5.39. The minimum absolute atomic E-state index is 0.311. The molecule has 2 heterocycles. The number of hydrogen-bond acceptors (Lipinski definition) is 4. The zero-order valence-electron chi connectivity index (χ0n) is 12.7. The monoisotopic (exact) mass is 314 g/mol. The third-order valence-electron chi connectivity index (χ3n) is 3.96. The topological polar surface area (TPSA) is 80.4 Å². The summed E-state index contributed by atoms with van der Waals surface area (Å²) in [7, 11) is -3.42. The van der Waals surface area contributed by atoms with Gasteiger partial charge in [0.15, 0.2) is 0 Å². The van der Waals surface area contributed by atoms with Crippen molar-refractivity contribution in [2.75, 3.05) is 26.2 Å². The molecule has 0 spiro atoms. The lowest BCUT2D eigenvalue weighted by molar-refractivity contribution is 0.334. The van der Waals surface area contributed by atoms with E-state index in [1.807, 2.05) is 11.5 Å². The van der Waals surface area contributed by atoms with E-state index in [1.54, 1.807) is 12.3 Å². The molecule has 0 aromatic carbocycles. The standard InChI is InChI=1S/C14H26N4O2S/c1-2-18-12-14(10-13(18)11-15)21(19,20)16-6-5-9-17-7-3-4-8-17/h10,12,16H,2-9,11,15H2,1H3. The summed E-state index contributed by atoms with van der Waals surface area (Å²) in [5, 5.41) is 0. The SMILES string of the molecule is CCn1cc(S(=O)(=O)NCCCN2CCCC2)cc1CN. The average Bonchev–Trinajstić information content (AvgIpc) is 3.12. The fraction of sp³-hybridized carbons (Fsp3) is 0.714. The predicted molar refractivity (Wildman–Crippen MR) is 83.5 cm³/mol. The van der Waals surface area contributed by atoms with Crippen molar-refractivity contribution in [3.63, 3.8) is 0 Å². The zero-order valence-corrected chi connectivity index (χ0v) is 13.5. The molecule has 1 aromatic heterocycles. The number of rotatable bonds is 8. The molecule has 21 heavy (non-hydrogen) atoms. The molecule has 1 aromatic rings. The second-order valence-corrected chi connectivity index (χ2v) is 7.22. The van der Waals surface area contributed by atoms with E-state index >= 15 is 0 Å². The Morgan fingerprint density at radius 1 is 1.33 bits per heavy atom. The number of nitrogens with one attached hydrogen (secondary N) is 1. The van der Waals surface area contributed by atoms with E-state index in [-0.39, 0.29) is 0 Å². The van der Waals surface area contributed by atoms with Crippen LogP contribution in [0.2, 0.25) is 0 Å². The zero-order chi connectivity index (χ0) is 15.3.